The van der Waals surface area contributed by atoms with Crippen LogP contribution < -0.4 is 10.2 Å². The number of aromatic nitrogens is 3. The van der Waals surface area contributed by atoms with Gasteiger partial charge in [0.2, 0.25) is 0 Å². The van der Waals surface area contributed by atoms with Crippen LogP contribution in [0.1, 0.15) is 39.5 Å². The molecule has 0 saturated heterocycles. The number of nitrogens with zero attached hydrogens (tertiary/aromatic N) is 3. The smallest absolute Gasteiger partial charge is 0.294 e. The van der Waals surface area contributed by atoms with Gasteiger partial charge in [0.15, 0.2) is 5.13 Å². The van der Waals surface area contributed by atoms with Gasteiger partial charge in [-0.25, -0.2) is 14.6 Å². The molecule has 2 N–H and O–H groups in total. The lowest BCUT2D eigenvalue weighted by atomic mass is 9.97. The van der Waals surface area contributed by atoms with Crippen LogP contribution in [0.2, 0.25) is 0 Å². The van der Waals surface area contributed by atoms with Crippen LogP contribution in [0.4, 0.5) is 20.1 Å². The number of thiazole rings is 1. The quantitative estimate of drug-likeness (QED) is 0.387. The molecule has 0 unspecified atom stereocenters. The van der Waals surface area contributed by atoms with Crippen LogP contribution in [0.5, 0.6) is 0 Å². The highest BCUT2D eigenvalue weighted by atomic mass is 32.2. The number of thioether (sulfide) groups is 1. The first-order chi connectivity index (χ1) is 15.9. The molecule has 2 heterocycles. The number of fused-ring (bicyclic) bond motifs is 1. The van der Waals surface area contributed by atoms with Gasteiger partial charge >= 0.3 is 12.0 Å². The number of hydrogen-bond acceptors (Lipinski definition) is 7. The predicted octanol–water partition coefficient (Wildman–Crippen LogP) is 5.79. The first kappa shape index (κ1) is 23.5. The zero-order valence-corrected chi connectivity index (χ0v) is 20.1. The molecule has 2 aromatic heterocycles. The summed E-state index contributed by atoms with van der Waals surface area (Å²) in [5, 5.41) is 11.4. The Balaban J connectivity index is 1.46. The second kappa shape index (κ2) is 10.1. The molecule has 8 nitrogen and oxygen atoms in total. The first-order valence-electron chi connectivity index (χ1n) is 10.8. The van der Waals surface area contributed by atoms with Gasteiger partial charge in [-0.15, -0.1) is 11.8 Å². The summed E-state index contributed by atoms with van der Waals surface area (Å²) in [7, 11) is 0. The minimum absolute atomic E-state index is 0.243. The second-order valence-corrected chi connectivity index (χ2v) is 11.2. The standard InChI is InChI=1S/C22H26FN5O3S2/c1-22(2,19(29)31-23)13-32-18-11-24-20(33-18)26-21(30)28(12-14-5-3-4-6-14)16-8-7-15-10-25-27-17(15)9-16/h7-11,14H,3-6,12-13H2,1-2H3,(H,25,27)(H,24,26,30). The lowest BCUT2D eigenvalue weighted by Gasteiger charge is -2.25. The van der Waals surface area contributed by atoms with Crippen LogP contribution in [-0.2, 0) is 9.74 Å². The monoisotopic (exact) mass is 491 g/mol. The Morgan fingerprint density at radius 3 is 2.88 bits per heavy atom. The summed E-state index contributed by atoms with van der Waals surface area (Å²) >= 11 is 2.68. The third kappa shape index (κ3) is 5.64. The van der Waals surface area contributed by atoms with Crippen molar-refractivity contribution >= 4 is 56.8 Å². The second-order valence-electron chi connectivity index (χ2n) is 8.85. The lowest BCUT2D eigenvalue weighted by molar-refractivity contribution is -0.193. The molecule has 0 bridgehead atoms. The SMILES string of the molecule is CC(C)(CSc1cnc(NC(=O)N(CC2CCCC2)c2ccc3cn[nH]c3c2)s1)C(=O)OF. The Morgan fingerprint density at radius 2 is 2.12 bits per heavy atom. The van der Waals surface area contributed by atoms with Gasteiger partial charge in [-0.05, 0) is 50.8 Å². The lowest BCUT2D eigenvalue weighted by Crippen LogP contribution is -2.38. The van der Waals surface area contributed by atoms with Gasteiger partial charge in [-0.1, -0.05) is 24.2 Å². The van der Waals surface area contributed by atoms with Gasteiger partial charge in [0.05, 0.1) is 27.5 Å². The fourth-order valence-corrected chi connectivity index (χ4v) is 5.74. The molecule has 1 aliphatic carbocycles. The number of H-pyrrole nitrogens is 1. The highest BCUT2D eigenvalue weighted by Gasteiger charge is 2.31. The van der Waals surface area contributed by atoms with Crippen molar-refractivity contribution < 1.29 is 19.1 Å². The van der Waals surface area contributed by atoms with Crippen LogP contribution in [0.25, 0.3) is 10.9 Å². The molecular weight excluding hydrogens is 465 g/mol. The van der Waals surface area contributed by atoms with Gasteiger partial charge in [-0.3, -0.25) is 20.3 Å². The summed E-state index contributed by atoms with van der Waals surface area (Å²) < 4.78 is 13.1. The zero-order chi connectivity index (χ0) is 23.4. The summed E-state index contributed by atoms with van der Waals surface area (Å²) in [4.78, 5) is 34.3. The number of hydrogen-bond donors (Lipinski definition) is 2. The van der Waals surface area contributed by atoms with E-state index in [0.29, 0.717) is 23.3 Å². The van der Waals surface area contributed by atoms with Crippen LogP contribution in [-0.4, -0.2) is 39.5 Å². The van der Waals surface area contributed by atoms with E-state index < -0.39 is 11.4 Å². The Bertz CT molecular complexity index is 1130. The Kier molecular flexibility index (Phi) is 7.18. The Labute approximate surface area is 199 Å². The van der Waals surface area contributed by atoms with E-state index in [1.54, 1.807) is 31.1 Å². The summed E-state index contributed by atoms with van der Waals surface area (Å²) in [5.41, 5.74) is 0.698. The van der Waals surface area contributed by atoms with Gasteiger partial charge in [0.1, 0.15) is 0 Å². The maximum absolute atomic E-state index is 13.3. The van der Waals surface area contributed by atoms with Gasteiger partial charge in [0, 0.05) is 27.9 Å². The highest BCUT2D eigenvalue weighted by molar-refractivity contribution is 8.01. The zero-order valence-electron chi connectivity index (χ0n) is 18.5. The van der Waals surface area contributed by atoms with Crippen LogP contribution in [0.15, 0.2) is 34.8 Å². The third-order valence-electron chi connectivity index (χ3n) is 5.79. The summed E-state index contributed by atoms with van der Waals surface area (Å²) in [6.45, 7) is 3.87. The number of benzene rings is 1. The number of aromatic amines is 1. The third-order valence-corrected chi connectivity index (χ3v) is 8.36. The molecule has 1 aliphatic rings. The first-order valence-corrected chi connectivity index (χ1v) is 12.6. The summed E-state index contributed by atoms with van der Waals surface area (Å²) in [5.74, 6) is -0.124. The number of rotatable bonds is 8. The minimum Gasteiger partial charge on any atom is -0.294 e. The highest BCUT2D eigenvalue weighted by Crippen LogP contribution is 2.34. The molecule has 1 aromatic carbocycles. The Morgan fingerprint density at radius 1 is 1.33 bits per heavy atom. The van der Waals surface area contributed by atoms with Crippen molar-refractivity contribution in [2.24, 2.45) is 11.3 Å². The summed E-state index contributed by atoms with van der Waals surface area (Å²) in [6.07, 6.45) is 8.01. The van der Waals surface area contributed by atoms with E-state index in [4.69, 9.17) is 0 Å². The Hall–Kier alpha value is -2.66. The topological polar surface area (TPSA) is 100 Å². The summed E-state index contributed by atoms with van der Waals surface area (Å²) in [6, 6.07) is 5.58. The molecule has 176 valence electrons. The molecule has 2 amide bonds. The maximum Gasteiger partial charge on any atom is 0.355 e. The van der Waals surface area contributed by atoms with E-state index in [9.17, 15) is 14.1 Å². The van der Waals surface area contributed by atoms with Crippen LogP contribution >= 0.6 is 23.1 Å². The normalized spacial score (nSPS) is 14.5. The van der Waals surface area contributed by atoms with Crippen molar-refractivity contribution in [1.82, 2.24) is 15.2 Å². The minimum atomic E-state index is -0.976. The number of anilines is 2. The van der Waals surface area contributed by atoms with Crippen LogP contribution in [0, 0.1) is 11.3 Å². The molecular formula is C22H26FN5O3S2. The largest absolute Gasteiger partial charge is 0.355 e. The number of amides is 2. The van der Waals surface area contributed by atoms with Crippen molar-refractivity contribution in [3.8, 4) is 0 Å². The molecule has 1 saturated carbocycles. The van der Waals surface area contributed by atoms with Crippen LogP contribution in [0.3, 0.4) is 0 Å². The fraction of sp³-hybridized carbons (Fsp3) is 0.455. The molecule has 1 fully saturated rings. The predicted molar refractivity (Wildman–Crippen MR) is 128 cm³/mol. The molecule has 0 radical (unpaired) electrons. The molecule has 0 aliphatic heterocycles. The van der Waals surface area contributed by atoms with Crippen molar-refractivity contribution in [2.45, 2.75) is 43.7 Å². The van der Waals surface area contributed by atoms with Gasteiger partial charge in [0.25, 0.3) is 0 Å². The molecule has 0 spiro atoms. The van der Waals surface area contributed by atoms with Crippen molar-refractivity contribution in [3.05, 3.63) is 30.6 Å². The molecule has 33 heavy (non-hydrogen) atoms. The van der Waals surface area contributed by atoms with E-state index in [0.717, 1.165) is 33.6 Å². The molecule has 3 aromatic rings. The van der Waals surface area contributed by atoms with E-state index in [1.807, 2.05) is 18.2 Å². The van der Waals surface area contributed by atoms with Crippen molar-refractivity contribution in [3.63, 3.8) is 0 Å². The average molecular weight is 492 g/mol. The number of halogens is 1. The van der Waals surface area contributed by atoms with E-state index in [2.05, 4.69) is 25.4 Å². The molecule has 11 heteroatoms. The number of urea groups is 1. The number of carbonyl (C=O) groups excluding carboxylic acids is 2. The van der Waals surface area contributed by atoms with Gasteiger partial charge in [-0.2, -0.15) is 5.10 Å². The molecule has 0 atom stereocenters. The van der Waals surface area contributed by atoms with E-state index >= 15 is 0 Å². The van der Waals surface area contributed by atoms with Crippen molar-refractivity contribution in [1.29, 1.82) is 0 Å². The average Bonchev–Trinajstić information content (AvgIpc) is 3.57. The number of carbonyl (C=O) groups is 2. The fourth-order valence-electron chi connectivity index (χ4n) is 3.81. The number of nitrogens with one attached hydrogen (secondary N) is 2. The van der Waals surface area contributed by atoms with E-state index in [1.165, 1.54) is 35.9 Å². The van der Waals surface area contributed by atoms with E-state index in [-0.39, 0.29) is 6.03 Å². The maximum atomic E-state index is 13.3. The van der Waals surface area contributed by atoms with Crippen molar-refractivity contribution in [2.75, 3.05) is 22.5 Å². The molecule has 4 rings (SSSR count). The van der Waals surface area contributed by atoms with Gasteiger partial charge < -0.3 is 0 Å².